The number of rotatable bonds is 6. The van der Waals surface area contributed by atoms with Gasteiger partial charge in [-0.2, -0.15) is 0 Å². The molecular formula is C17H24N2O2. The van der Waals surface area contributed by atoms with Crippen LogP contribution < -0.4 is 15.8 Å². The third kappa shape index (κ3) is 2.77. The van der Waals surface area contributed by atoms with E-state index in [1.807, 2.05) is 24.3 Å². The Morgan fingerprint density at radius 1 is 1.38 bits per heavy atom. The van der Waals surface area contributed by atoms with Crippen LogP contribution in [0.5, 0.6) is 5.75 Å². The topological polar surface area (TPSA) is 64.3 Å². The van der Waals surface area contributed by atoms with Gasteiger partial charge in [-0.3, -0.25) is 4.79 Å². The second-order valence-electron chi connectivity index (χ2n) is 6.38. The Bertz CT molecular complexity index is 504. The molecule has 114 valence electrons. The predicted octanol–water partition coefficient (Wildman–Crippen LogP) is 1.97. The minimum Gasteiger partial charge on any atom is -0.497 e. The van der Waals surface area contributed by atoms with Crippen LogP contribution in [0.4, 0.5) is 0 Å². The molecular weight excluding hydrogens is 264 g/mol. The normalized spacial score (nSPS) is 21.2. The Morgan fingerprint density at radius 3 is 2.52 bits per heavy atom. The molecule has 4 nitrogen and oxygen atoms in total. The fraction of sp³-hybridized carbons (Fsp3) is 0.588. The van der Waals surface area contributed by atoms with E-state index in [9.17, 15) is 4.79 Å². The number of carbonyl (C=O) groups is 1. The lowest BCUT2D eigenvalue weighted by Gasteiger charge is -2.41. The highest BCUT2D eigenvalue weighted by molar-refractivity contribution is 5.89. The highest BCUT2D eigenvalue weighted by atomic mass is 16.5. The summed E-state index contributed by atoms with van der Waals surface area (Å²) in [4.78, 5) is 12.7. The molecule has 0 aliphatic heterocycles. The van der Waals surface area contributed by atoms with Crippen LogP contribution in [0.15, 0.2) is 24.3 Å². The van der Waals surface area contributed by atoms with Gasteiger partial charge in [0.15, 0.2) is 0 Å². The van der Waals surface area contributed by atoms with Gasteiger partial charge in [-0.05, 0) is 49.3 Å². The van der Waals surface area contributed by atoms with Crippen molar-refractivity contribution in [2.24, 2.45) is 11.7 Å². The minimum atomic E-state index is -0.352. The fourth-order valence-corrected chi connectivity index (χ4v) is 3.16. The first-order chi connectivity index (χ1) is 10.2. The maximum atomic E-state index is 12.7. The number of nitrogens with one attached hydrogen (secondary N) is 1. The van der Waals surface area contributed by atoms with Crippen LogP contribution in [0.25, 0.3) is 0 Å². The molecule has 1 atom stereocenters. The molecule has 2 aliphatic rings. The van der Waals surface area contributed by atoms with Crippen molar-refractivity contribution in [2.75, 3.05) is 13.7 Å². The number of nitrogens with two attached hydrogens (primary N) is 1. The van der Waals surface area contributed by atoms with Gasteiger partial charge in [0.05, 0.1) is 12.5 Å². The molecule has 21 heavy (non-hydrogen) atoms. The first-order valence-electron chi connectivity index (χ1n) is 7.84. The zero-order valence-corrected chi connectivity index (χ0v) is 12.6. The van der Waals surface area contributed by atoms with Crippen molar-refractivity contribution in [2.45, 2.75) is 43.6 Å². The van der Waals surface area contributed by atoms with E-state index in [-0.39, 0.29) is 17.4 Å². The largest absolute Gasteiger partial charge is 0.497 e. The number of hydrogen-bond donors (Lipinski definition) is 2. The number of benzene rings is 1. The van der Waals surface area contributed by atoms with Gasteiger partial charge in [0, 0.05) is 12.6 Å². The van der Waals surface area contributed by atoms with Crippen molar-refractivity contribution in [1.29, 1.82) is 0 Å². The summed E-state index contributed by atoms with van der Waals surface area (Å²) in [6.45, 7) is 0.599. The van der Waals surface area contributed by atoms with Gasteiger partial charge in [-0.15, -0.1) is 0 Å². The summed E-state index contributed by atoms with van der Waals surface area (Å²) in [5, 5.41) is 3.08. The van der Waals surface area contributed by atoms with Crippen LogP contribution in [-0.2, 0) is 10.2 Å². The lowest BCUT2D eigenvalue weighted by Crippen LogP contribution is -2.51. The Kier molecular flexibility index (Phi) is 3.89. The summed E-state index contributed by atoms with van der Waals surface area (Å²) in [5.41, 5.74) is 6.81. The van der Waals surface area contributed by atoms with Gasteiger partial charge in [0.25, 0.3) is 0 Å². The average Bonchev–Trinajstić information content (AvgIpc) is 3.29. The van der Waals surface area contributed by atoms with Crippen molar-refractivity contribution in [3.05, 3.63) is 29.8 Å². The molecule has 0 aromatic heterocycles. The predicted molar refractivity (Wildman–Crippen MR) is 82.2 cm³/mol. The van der Waals surface area contributed by atoms with Gasteiger partial charge in [0.1, 0.15) is 5.75 Å². The van der Waals surface area contributed by atoms with E-state index in [1.165, 1.54) is 12.8 Å². The zero-order valence-electron chi connectivity index (χ0n) is 12.6. The number of hydrogen-bond acceptors (Lipinski definition) is 3. The molecule has 1 amide bonds. The molecule has 0 heterocycles. The quantitative estimate of drug-likeness (QED) is 0.841. The number of carbonyl (C=O) groups excluding carboxylic acids is 1. The average molecular weight is 288 g/mol. The standard InChI is InChI=1S/C17H24N2O2/c1-21-14-7-5-13(6-8-14)17(9-2-10-17)16(20)19-11-15(18)12-3-4-12/h5-8,12,15H,2-4,9-11,18H2,1H3,(H,19,20). The smallest absolute Gasteiger partial charge is 0.230 e. The summed E-state index contributed by atoms with van der Waals surface area (Å²) in [5.74, 6) is 1.57. The minimum absolute atomic E-state index is 0.113. The number of methoxy groups -OCH3 is 1. The van der Waals surface area contributed by atoms with Crippen LogP contribution in [0.3, 0.4) is 0 Å². The summed E-state index contributed by atoms with van der Waals surface area (Å²) >= 11 is 0. The Morgan fingerprint density at radius 2 is 2.05 bits per heavy atom. The van der Waals surface area contributed by atoms with E-state index < -0.39 is 0 Å². The first-order valence-corrected chi connectivity index (χ1v) is 7.84. The molecule has 0 bridgehead atoms. The summed E-state index contributed by atoms with van der Waals surface area (Å²) in [6, 6.07) is 8.00. The van der Waals surface area contributed by atoms with Gasteiger partial charge in [-0.1, -0.05) is 18.6 Å². The first kappa shape index (κ1) is 14.4. The summed E-state index contributed by atoms with van der Waals surface area (Å²) in [6.07, 6.45) is 5.36. The van der Waals surface area contributed by atoms with Gasteiger partial charge in [0.2, 0.25) is 5.91 Å². The Balaban J connectivity index is 1.67. The summed E-state index contributed by atoms with van der Waals surface area (Å²) in [7, 11) is 1.65. The molecule has 3 rings (SSSR count). The van der Waals surface area contributed by atoms with E-state index in [4.69, 9.17) is 10.5 Å². The van der Waals surface area contributed by atoms with Crippen molar-refractivity contribution in [1.82, 2.24) is 5.32 Å². The molecule has 1 unspecified atom stereocenters. The monoisotopic (exact) mass is 288 g/mol. The van der Waals surface area contributed by atoms with E-state index in [1.54, 1.807) is 7.11 Å². The van der Waals surface area contributed by atoms with Crippen LogP contribution in [0, 0.1) is 5.92 Å². The molecule has 1 aromatic rings. The van der Waals surface area contributed by atoms with Crippen LogP contribution in [0.1, 0.15) is 37.7 Å². The zero-order chi connectivity index (χ0) is 14.9. The lowest BCUT2D eigenvalue weighted by molar-refractivity contribution is -0.130. The molecule has 1 aromatic carbocycles. The second-order valence-corrected chi connectivity index (χ2v) is 6.38. The third-order valence-corrected chi connectivity index (χ3v) is 5.01. The Hall–Kier alpha value is -1.55. The SMILES string of the molecule is COc1ccc(C2(C(=O)NCC(N)C3CC3)CCC2)cc1. The van der Waals surface area contributed by atoms with Crippen molar-refractivity contribution in [3.63, 3.8) is 0 Å². The lowest BCUT2D eigenvalue weighted by atomic mass is 9.64. The van der Waals surface area contributed by atoms with Crippen LogP contribution in [0.2, 0.25) is 0 Å². The highest BCUT2D eigenvalue weighted by Gasteiger charge is 2.45. The number of ether oxygens (including phenoxy) is 1. The maximum absolute atomic E-state index is 12.7. The van der Waals surface area contributed by atoms with E-state index >= 15 is 0 Å². The molecule has 0 saturated heterocycles. The fourth-order valence-electron chi connectivity index (χ4n) is 3.16. The van der Waals surface area contributed by atoms with E-state index in [0.717, 1.165) is 30.6 Å². The molecule has 4 heteroatoms. The van der Waals surface area contributed by atoms with Crippen molar-refractivity contribution < 1.29 is 9.53 Å². The number of amides is 1. The molecule has 0 spiro atoms. The van der Waals surface area contributed by atoms with Crippen LogP contribution in [-0.4, -0.2) is 25.6 Å². The maximum Gasteiger partial charge on any atom is 0.230 e. The van der Waals surface area contributed by atoms with Gasteiger partial charge in [-0.25, -0.2) is 0 Å². The molecule has 2 fully saturated rings. The molecule has 2 saturated carbocycles. The second kappa shape index (κ2) is 5.68. The van der Waals surface area contributed by atoms with E-state index in [2.05, 4.69) is 5.32 Å². The van der Waals surface area contributed by atoms with E-state index in [0.29, 0.717) is 12.5 Å². The van der Waals surface area contributed by atoms with Crippen molar-refractivity contribution >= 4 is 5.91 Å². The molecule has 0 radical (unpaired) electrons. The van der Waals surface area contributed by atoms with Crippen LogP contribution >= 0.6 is 0 Å². The third-order valence-electron chi connectivity index (χ3n) is 5.01. The molecule has 2 aliphatic carbocycles. The summed E-state index contributed by atoms with van der Waals surface area (Å²) < 4.78 is 5.19. The van der Waals surface area contributed by atoms with Gasteiger partial charge >= 0.3 is 0 Å². The van der Waals surface area contributed by atoms with Gasteiger partial charge < -0.3 is 15.8 Å². The Labute approximate surface area is 126 Å². The molecule has 3 N–H and O–H groups in total. The highest BCUT2D eigenvalue weighted by Crippen LogP contribution is 2.44. The van der Waals surface area contributed by atoms with Crippen molar-refractivity contribution in [3.8, 4) is 5.75 Å².